The molecule has 1 atom stereocenters. The number of amides is 1. The molecule has 10 nitrogen and oxygen atoms in total. The number of nitrogens with one attached hydrogen (secondary N) is 1. The zero-order valence-electron chi connectivity index (χ0n) is 16.3. The van der Waals surface area contributed by atoms with Crippen LogP contribution < -0.4 is 5.76 Å². The Labute approximate surface area is 158 Å². The predicted octanol–water partition coefficient (Wildman–Crippen LogP) is 0.0795. The number of H-pyrrole nitrogens is 1. The average Bonchev–Trinajstić information content (AvgIpc) is 3.12. The summed E-state index contributed by atoms with van der Waals surface area (Å²) in [5.74, 6) is -0.481. The number of hydrogen-bond donors (Lipinski definition) is 1. The molecular formula is C16H28N5O5S+. The maximum absolute atomic E-state index is 13.4. The molecule has 2 aliphatic heterocycles. The van der Waals surface area contributed by atoms with E-state index in [1.54, 1.807) is 26.0 Å². The second kappa shape index (κ2) is 6.71. The topological polar surface area (TPSA) is 117 Å². The van der Waals surface area contributed by atoms with Crippen molar-refractivity contribution in [3.05, 3.63) is 16.4 Å². The van der Waals surface area contributed by atoms with E-state index in [-0.39, 0.29) is 21.1 Å². The quantitative estimate of drug-likeness (QED) is 0.697. The molecular weight excluding hydrogens is 374 g/mol. The summed E-state index contributed by atoms with van der Waals surface area (Å²) in [6.07, 6.45) is 2.26. The van der Waals surface area contributed by atoms with E-state index >= 15 is 0 Å². The molecule has 2 fully saturated rings. The zero-order valence-corrected chi connectivity index (χ0v) is 17.1. The molecule has 0 bridgehead atoms. The number of piperidine rings is 1. The van der Waals surface area contributed by atoms with Crippen LogP contribution in [0.2, 0.25) is 0 Å². The molecule has 1 aromatic rings. The molecule has 0 radical (unpaired) electrons. The minimum absolute atomic E-state index is 0.0903. The first-order valence-electron chi connectivity index (χ1n) is 9.16. The Balaban J connectivity index is 1.79. The Bertz CT molecular complexity index is 866. The summed E-state index contributed by atoms with van der Waals surface area (Å²) < 4.78 is 32.9. The fourth-order valence-electron chi connectivity index (χ4n) is 4.35. The van der Waals surface area contributed by atoms with Crippen LogP contribution in [0.3, 0.4) is 0 Å². The number of hydrogen-bond acceptors (Lipinski definition) is 6. The van der Waals surface area contributed by atoms with Gasteiger partial charge in [0.25, 0.3) is 5.89 Å². The van der Waals surface area contributed by atoms with Gasteiger partial charge in [-0.25, -0.2) is 9.89 Å². The summed E-state index contributed by atoms with van der Waals surface area (Å²) in [7, 11) is 1.25. The third kappa shape index (κ3) is 3.32. The maximum Gasteiger partial charge on any atom is 0.434 e. The van der Waals surface area contributed by atoms with Gasteiger partial charge in [-0.3, -0.25) is 4.79 Å². The molecule has 0 aromatic carbocycles. The van der Waals surface area contributed by atoms with Crippen molar-refractivity contribution in [1.29, 1.82) is 0 Å². The highest BCUT2D eigenvalue weighted by atomic mass is 32.2. The first-order chi connectivity index (χ1) is 12.5. The van der Waals surface area contributed by atoms with Gasteiger partial charge >= 0.3 is 16.0 Å². The molecule has 3 rings (SSSR count). The van der Waals surface area contributed by atoms with Crippen molar-refractivity contribution < 1.29 is 21.5 Å². The standard InChI is InChI=1S/C16H27N5O5S/c1-5-12(14-17-18-15(23)26-14)21(3,4)27(24,25)20-8-6-16(7-9-20)10-13(22)19(2)11-16/h12H,5-11H2,1-4H3/p+1. The lowest BCUT2D eigenvalue weighted by Crippen LogP contribution is -2.57. The van der Waals surface area contributed by atoms with Crippen molar-refractivity contribution in [2.24, 2.45) is 5.41 Å². The number of likely N-dealkylation sites (tertiary alicyclic amines) is 1. The summed E-state index contributed by atoms with van der Waals surface area (Å²) in [4.78, 5) is 25.0. The second-order valence-corrected chi connectivity index (χ2v) is 10.5. The highest BCUT2D eigenvalue weighted by molar-refractivity contribution is 7.83. The average molecular weight is 402 g/mol. The number of nitrogens with zero attached hydrogens (tertiary/aromatic N) is 4. The van der Waals surface area contributed by atoms with Crippen molar-refractivity contribution in [1.82, 2.24) is 19.4 Å². The lowest BCUT2D eigenvalue weighted by molar-refractivity contribution is -0.803. The van der Waals surface area contributed by atoms with Gasteiger partial charge in [0, 0.05) is 39.5 Å². The van der Waals surface area contributed by atoms with Gasteiger partial charge in [0.2, 0.25) is 5.91 Å². The van der Waals surface area contributed by atoms with Crippen LogP contribution in [-0.2, 0) is 15.0 Å². The predicted molar refractivity (Wildman–Crippen MR) is 96.7 cm³/mol. The normalized spacial score (nSPS) is 22.5. The number of quaternary nitrogens is 1. The summed E-state index contributed by atoms with van der Waals surface area (Å²) in [6, 6.07) is -0.607. The maximum atomic E-state index is 13.4. The molecule has 1 amide bonds. The molecule has 1 spiro atoms. The molecule has 2 saturated heterocycles. The van der Waals surface area contributed by atoms with E-state index in [0.29, 0.717) is 45.3 Å². The monoisotopic (exact) mass is 402 g/mol. The Hall–Kier alpha value is -1.72. The molecule has 1 unspecified atom stereocenters. The smallest absolute Gasteiger partial charge is 0.386 e. The number of aromatic nitrogens is 2. The van der Waals surface area contributed by atoms with Gasteiger partial charge < -0.3 is 9.32 Å². The van der Waals surface area contributed by atoms with Crippen LogP contribution in [0, 0.1) is 5.41 Å². The first kappa shape index (κ1) is 20.0. The lowest BCUT2D eigenvalue weighted by atomic mass is 9.78. The van der Waals surface area contributed by atoms with E-state index in [1.165, 1.54) is 4.31 Å². The van der Waals surface area contributed by atoms with E-state index < -0.39 is 22.0 Å². The van der Waals surface area contributed by atoms with Gasteiger partial charge in [-0.05, 0) is 18.3 Å². The fraction of sp³-hybridized carbons (Fsp3) is 0.812. The Morgan fingerprint density at radius 1 is 1.30 bits per heavy atom. The third-order valence-corrected chi connectivity index (χ3v) is 8.57. The van der Waals surface area contributed by atoms with Gasteiger partial charge in [0.05, 0.1) is 14.1 Å². The third-order valence-electron chi connectivity index (χ3n) is 6.11. The van der Waals surface area contributed by atoms with Gasteiger partial charge in [-0.15, -0.1) is 5.10 Å². The largest absolute Gasteiger partial charge is 0.434 e. The Kier molecular flexibility index (Phi) is 4.98. The molecule has 2 aliphatic rings. The van der Waals surface area contributed by atoms with Gasteiger partial charge in [0.1, 0.15) is 0 Å². The van der Waals surface area contributed by atoms with Crippen molar-refractivity contribution in [2.45, 2.75) is 38.6 Å². The highest BCUT2D eigenvalue weighted by Gasteiger charge is 2.51. The summed E-state index contributed by atoms with van der Waals surface area (Å²) in [5.41, 5.74) is -0.117. The molecule has 27 heavy (non-hydrogen) atoms. The number of carbonyl (C=O) groups excluding carboxylic acids is 1. The van der Waals surface area contributed by atoms with Crippen molar-refractivity contribution in [3.63, 3.8) is 0 Å². The van der Waals surface area contributed by atoms with Crippen molar-refractivity contribution >= 4 is 16.1 Å². The molecule has 1 N–H and O–H groups in total. The van der Waals surface area contributed by atoms with E-state index in [9.17, 15) is 18.0 Å². The first-order valence-corrected chi connectivity index (χ1v) is 10.6. The molecule has 152 valence electrons. The fourth-order valence-corrected chi connectivity index (χ4v) is 6.15. The van der Waals surface area contributed by atoms with Crippen LogP contribution in [0.25, 0.3) is 0 Å². The minimum Gasteiger partial charge on any atom is -0.386 e. The molecule has 0 saturated carbocycles. The van der Waals surface area contributed by atoms with E-state index in [4.69, 9.17) is 4.42 Å². The zero-order chi connectivity index (χ0) is 20.0. The van der Waals surface area contributed by atoms with Crippen LogP contribution in [0.15, 0.2) is 9.21 Å². The van der Waals surface area contributed by atoms with Crippen LogP contribution >= 0.6 is 0 Å². The van der Waals surface area contributed by atoms with E-state index in [1.807, 2.05) is 6.92 Å². The summed E-state index contributed by atoms with van der Waals surface area (Å²) in [6.45, 7) is 3.28. The van der Waals surface area contributed by atoms with E-state index in [2.05, 4.69) is 10.2 Å². The SMILES string of the molecule is CCC(c1n[nH]c(=O)o1)[N+](C)(C)S(=O)(=O)N1CCC2(CC1)CC(=O)N(C)C2. The summed E-state index contributed by atoms with van der Waals surface area (Å²) >= 11 is 0. The molecule has 3 heterocycles. The van der Waals surface area contributed by atoms with Crippen molar-refractivity contribution in [2.75, 3.05) is 40.8 Å². The van der Waals surface area contributed by atoms with Crippen molar-refractivity contribution in [3.8, 4) is 0 Å². The van der Waals surface area contributed by atoms with Gasteiger partial charge in [-0.2, -0.15) is 16.6 Å². The highest BCUT2D eigenvalue weighted by Crippen LogP contribution is 2.42. The number of aromatic amines is 1. The van der Waals surface area contributed by atoms with Crippen LogP contribution in [-0.4, -0.2) is 78.4 Å². The van der Waals surface area contributed by atoms with Crippen LogP contribution in [0.5, 0.6) is 0 Å². The number of carbonyl (C=O) groups is 1. The number of rotatable bonds is 5. The van der Waals surface area contributed by atoms with Crippen LogP contribution in [0.1, 0.15) is 44.5 Å². The summed E-state index contributed by atoms with van der Waals surface area (Å²) in [5, 5.41) is 6.04. The molecule has 0 aliphatic carbocycles. The lowest BCUT2D eigenvalue weighted by Gasteiger charge is -2.42. The Morgan fingerprint density at radius 3 is 2.37 bits per heavy atom. The van der Waals surface area contributed by atoms with Crippen LogP contribution in [0.4, 0.5) is 0 Å². The van der Waals surface area contributed by atoms with Gasteiger partial charge in [-0.1, -0.05) is 6.92 Å². The molecule has 1 aromatic heterocycles. The van der Waals surface area contributed by atoms with Gasteiger partial charge in [0.15, 0.2) is 6.04 Å². The Morgan fingerprint density at radius 2 is 1.93 bits per heavy atom. The van der Waals surface area contributed by atoms with E-state index in [0.717, 1.165) is 0 Å². The molecule has 11 heteroatoms. The minimum atomic E-state index is -3.73. The second-order valence-electron chi connectivity index (χ2n) is 8.11.